The molecule has 1 aliphatic heterocycles. The van der Waals surface area contributed by atoms with Gasteiger partial charge in [0.2, 0.25) is 0 Å². The number of aryl methyl sites for hydroxylation is 1. The van der Waals surface area contributed by atoms with Crippen molar-refractivity contribution < 1.29 is 9.84 Å². The standard InChI is InChI=1S/C18H24ClN3O2/c1-21-10-15(9-20-21)18-3-2-8-22(18)11-17(23)13-24-12-14-4-6-16(19)7-5-14/h4-7,9-10,17-18,23H,2-3,8,11-13H2,1H3/t17-,18+/m1/s1. The third-order valence-electron chi connectivity index (χ3n) is 4.41. The molecule has 1 aromatic heterocycles. The first kappa shape index (κ1) is 17.4. The maximum atomic E-state index is 10.3. The lowest BCUT2D eigenvalue weighted by Crippen LogP contribution is -2.34. The normalized spacial score (nSPS) is 19.7. The fourth-order valence-electron chi connectivity index (χ4n) is 3.25. The van der Waals surface area contributed by atoms with Crippen molar-refractivity contribution in [2.45, 2.75) is 31.6 Å². The zero-order chi connectivity index (χ0) is 16.9. The van der Waals surface area contributed by atoms with E-state index in [0.29, 0.717) is 30.8 Å². The summed E-state index contributed by atoms with van der Waals surface area (Å²) in [4.78, 5) is 2.33. The molecular weight excluding hydrogens is 326 g/mol. The summed E-state index contributed by atoms with van der Waals surface area (Å²) < 4.78 is 7.47. The Hall–Kier alpha value is -1.40. The minimum absolute atomic E-state index is 0.332. The van der Waals surface area contributed by atoms with Gasteiger partial charge < -0.3 is 9.84 Å². The third kappa shape index (κ3) is 4.57. The molecule has 0 saturated carbocycles. The van der Waals surface area contributed by atoms with Crippen molar-refractivity contribution in [1.29, 1.82) is 0 Å². The maximum Gasteiger partial charge on any atom is 0.0900 e. The van der Waals surface area contributed by atoms with Crippen LogP contribution < -0.4 is 0 Å². The van der Waals surface area contributed by atoms with E-state index >= 15 is 0 Å². The van der Waals surface area contributed by atoms with E-state index in [1.54, 1.807) is 0 Å². The highest BCUT2D eigenvalue weighted by atomic mass is 35.5. The molecule has 0 radical (unpaired) electrons. The van der Waals surface area contributed by atoms with Gasteiger partial charge in [0.25, 0.3) is 0 Å². The molecule has 6 heteroatoms. The summed E-state index contributed by atoms with van der Waals surface area (Å²) in [6.45, 7) is 2.45. The number of nitrogens with zero attached hydrogens (tertiary/aromatic N) is 3. The Morgan fingerprint density at radius 2 is 2.17 bits per heavy atom. The largest absolute Gasteiger partial charge is 0.389 e. The molecule has 1 N–H and O–H groups in total. The van der Waals surface area contributed by atoms with E-state index in [0.717, 1.165) is 24.9 Å². The molecule has 24 heavy (non-hydrogen) atoms. The number of rotatable bonds is 7. The zero-order valence-corrected chi connectivity index (χ0v) is 14.7. The Bertz CT molecular complexity index is 644. The van der Waals surface area contributed by atoms with Crippen LogP contribution >= 0.6 is 11.6 Å². The summed E-state index contributed by atoms with van der Waals surface area (Å²) in [5.74, 6) is 0. The fourth-order valence-corrected chi connectivity index (χ4v) is 3.38. The maximum absolute atomic E-state index is 10.3. The number of halogens is 1. The lowest BCUT2D eigenvalue weighted by atomic mass is 10.1. The van der Waals surface area contributed by atoms with Crippen molar-refractivity contribution >= 4 is 11.6 Å². The number of aromatic nitrogens is 2. The van der Waals surface area contributed by atoms with Gasteiger partial charge in [0, 0.05) is 36.4 Å². The number of aliphatic hydroxyl groups is 1. The van der Waals surface area contributed by atoms with Gasteiger partial charge in [-0.05, 0) is 37.1 Å². The summed E-state index contributed by atoms with van der Waals surface area (Å²) in [6.07, 6.45) is 5.76. The van der Waals surface area contributed by atoms with Gasteiger partial charge in [0.1, 0.15) is 0 Å². The van der Waals surface area contributed by atoms with Crippen LogP contribution in [0.5, 0.6) is 0 Å². The van der Waals surface area contributed by atoms with Crippen LogP contribution in [0.25, 0.3) is 0 Å². The zero-order valence-electron chi connectivity index (χ0n) is 13.9. The summed E-state index contributed by atoms with van der Waals surface area (Å²) >= 11 is 5.86. The van der Waals surface area contributed by atoms with E-state index in [1.165, 1.54) is 5.56 Å². The number of benzene rings is 1. The van der Waals surface area contributed by atoms with Gasteiger partial charge >= 0.3 is 0 Å². The van der Waals surface area contributed by atoms with E-state index in [-0.39, 0.29) is 0 Å². The highest BCUT2D eigenvalue weighted by Crippen LogP contribution is 2.31. The second kappa shape index (κ2) is 8.12. The molecule has 0 bridgehead atoms. The smallest absolute Gasteiger partial charge is 0.0900 e. The van der Waals surface area contributed by atoms with Crippen LogP contribution in [0.2, 0.25) is 5.02 Å². The lowest BCUT2D eigenvalue weighted by Gasteiger charge is -2.26. The van der Waals surface area contributed by atoms with Crippen LogP contribution in [0.4, 0.5) is 0 Å². The Labute approximate surface area is 147 Å². The van der Waals surface area contributed by atoms with Crippen LogP contribution in [0, 0.1) is 0 Å². The first-order valence-corrected chi connectivity index (χ1v) is 8.72. The van der Waals surface area contributed by atoms with Crippen LogP contribution in [0.15, 0.2) is 36.7 Å². The quantitative estimate of drug-likeness (QED) is 0.835. The molecule has 1 saturated heterocycles. The molecule has 0 unspecified atom stereocenters. The molecule has 3 rings (SSSR count). The fraction of sp³-hybridized carbons (Fsp3) is 0.500. The average Bonchev–Trinajstić information content (AvgIpc) is 3.18. The van der Waals surface area contributed by atoms with Gasteiger partial charge in [-0.25, -0.2) is 0 Å². The first-order valence-electron chi connectivity index (χ1n) is 8.34. The van der Waals surface area contributed by atoms with Crippen molar-refractivity contribution in [3.8, 4) is 0 Å². The monoisotopic (exact) mass is 349 g/mol. The van der Waals surface area contributed by atoms with Crippen molar-refractivity contribution in [2.24, 2.45) is 7.05 Å². The molecule has 130 valence electrons. The highest BCUT2D eigenvalue weighted by Gasteiger charge is 2.28. The second-order valence-electron chi connectivity index (χ2n) is 6.40. The van der Waals surface area contributed by atoms with Crippen molar-refractivity contribution in [1.82, 2.24) is 14.7 Å². The van der Waals surface area contributed by atoms with Crippen LogP contribution in [0.3, 0.4) is 0 Å². The molecular formula is C18H24ClN3O2. The van der Waals surface area contributed by atoms with E-state index in [9.17, 15) is 5.11 Å². The molecule has 0 aliphatic carbocycles. The molecule has 0 amide bonds. The molecule has 2 atom stereocenters. The lowest BCUT2D eigenvalue weighted by molar-refractivity contribution is 0.00771. The number of β-amino-alcohol motifs (C(OH)–C–C–N with tert-alkyl or cyclic N) is 1. The second-order valence-corrected chi connectivity index (χ2v) is 6.83. The first-order chi connectivity index (χ1) is 11.6. The summed E-state index contributed by atoms with van der Waals surface area (Å²) in [7, 11) is 1.93. The average molecular weight is 350 g/mol. The van der Waals surface area contributed by atoms with Crippen LogP contribution in [-0.4, -0.2) is 45.6 Å². The van der Waals surface area contributed by atoms with E-state index in [2.05, 4.69) is 16.2 Å². The predicted octanol–water partition coefficient (Wildman–Crippen LogP) is 2.79. The van der Waals surface area contributed by atoms with Gasteiger partial charge in [-0.2, -0.15) is 5.10 Å². The van der Waals surface area contributed by atoms with Crippen molar-refractivity contribution in [2.75, 3.05) is 19.7 Å². The Kier molecular flexibility index (Phi) is 5.89. The molecule has 1 aromatic carbocycles. The number of hydrogen-bond donors (Lipinski definition) is 1. The molecule has 2 heterocycles. The van der Waals surface area contributed by atoms with E-state index < -0.39 is 6.10 Å². The van der Waals surface area contributed by atoms with Gasteiger partial charge in [-0.3, -0.25) is 9.58 Å². The molecule has 0 spiro atoms. The van der Waals surface area contributed by atoms with Crippen LogP contribution in [0.1, 0.15) is 30.0 Å². The van der Waals surface area contributed by atoms with Gasteiger partial charge in [0.15, 0.2) is 0 Å². The Balaban J connectivity index is 1.45. The number of likely N-dealkylation sites (tertiary alicyclic amines) is 1. The topological polar surface area (TPSA) is 50.5 Å². The van der Waals surface area contributed by atoms with Gasteiger partial charge in [0.05, 0.1) is 25.5 Å². The van der Waals surface area contributed by atoms with Gasteiger partial charge in [-0.15, -0.1) is 0 Å². The Morgan fingerprint density at radius 1 is 1.38 bits per heavy atom. The van der Waals surface area contributed by atoms with E-state index in [4.69, 9.17) is 16.3 Å². The third-order valence-corrected chi connectivity index (χ3v) is 4.66. The van der Waals surface area contributed by atoms with Gasteiger partial charge in [-0.1, -0.05) is 23.7 Å². The summed E-state index contributed by atoms with van der Waals surface area (Å²) in [5.41, 5.74) is 2.28. The number of hydrogen-bond acceptors (Lipinski definition) is 4. The number of ether oxygens (including phenoxy) is 1. The van der Waals surface area contributed by atoms with Crippen molar-refractivity contribution in [3.63, 3.8) is 0 Å². The summed E-state index contributed by atoms with van der Waals surface area (Å²) in [6, 6.07) is 7.92. The predicted molar refractivity (Wildman–Crippen MR) is 93.9 cm³/mol. The van der Waals surface area contributed by atoms with Crippen molar-refractivity contribution in [3.05, 3.63) is 52.8 Å². The van der Waals surface area contributed by atoms with Crippen LogP contribution in [-0.2, 0) is 18.4 Å². The SMILES string of the molecule is Cn1cc([C@@H]2CCCN2C[C@@H](O)COCc2ccc(Cl)cc2)cn1. The highest BCUT2D eigenvalue weighted by molar-refractivity contribution is 6.30. The van der Waals surface area contributed by atoms with E-state index in [1.807, 2.05) is 42.2 Å². The molecule has 5 nitrogen and oxygen atoms in total. The number of aliphatic hydroxyl groups excluding tert-OH is 1. The Morgan fingerprint density at radius 3 is 2.88 bits per heavy atom. The molecule has 1 fully saturated rings. The minimum Gasteiger partial charge on any atom is -0.389 e. The molecule has 1 aliphatic rings. The molecule has 2 aromatic rings. The minimum atomic E-state index is -0.491. The summed E-state index contributed by atoms with van der Waals surface area (Å²) in [5, 5.41) is 15.3.